The van der Waals surface area contributed by atoms with Crippen molar-refractivity contribution in [3.05, 3.63) is 42.0 Å². The topological polar surface area (TPSA) is 12.0 Å². The number of benzene rings is 1. The Morgan fingerprint density at radius 1 is 1.19 bits per heavy atom. The lowest BCUT2D eigenvalue weighted by Gasteiger charge is -2.25. The van der Waals surface area contributed by atoms with Gasteiger partial charge in [0.2, 0.25) is 0 Å². The molecule has 1 aliphatic rings. The molecule has 1 aliphatic carbocycles. The van der Waals surface area contributed by atoms with Crippen LogP contribution in [0.25, 0.3) is 0 Å². The average molecular weight is 223 g/mol. The molecule has 0 amide bonds. The van der Waals surface area contributed by atoms with Gasteiger partial charge >= 0.3 is 0 Å². The van der Waals surface area contributed by atoms with E-state index in [1.165, 1.54) is 17.7 Å². The Labute approximate surface area is 94.2 Å². The molecule has 0 aromatic heterocycles. The van der Waals surface area contributed by atoms with Crippen LogP contribution in [0.15, 0.2) is 30.4 Å². The molecular weight excluding hydrogens is 208 g/mol. The summed E-state index contributed by atoms with van der Waals surface area (Å²) in [6.07, 6.45) is 3.91. The molecule has 0 spiro atoms. The molecule has 0 saturated heterocycles. The molecule has 1 aromatic carbocycles. The van der Waals surface area contributed by atoms with Gasteiger partial charge in [-0.3, -0.25) is 0 Å². The minimum absolute atomic E-state index is 0.269. The Morgan fingerprint density at radius 2 is 1.88 bits per heavy atom. The molecule has 0 bridgehead atoms. The highest BCUT2D eigenvalue weighted by molar-refractivity contribution is 5.45. The second kappa shape index (κ2) is 4.64. The summed E-state index contributed by atoms with van der Waals surface area (Å²) in [4.78, 5) is 0. The number of nitrogens with one attached hydrogen (secondary N) is 1. The van der Waals surface area contributed by atoms with Crippen molar-refractivity contribution in [2.24, 2.45) is 0 Å². The number of rotatable bonds is 2. The Balaban J connectivity index is 2.01. The first-order valence-corrected chi connectivity index (χ1v) is 5.53. The third-order valence-corrected chi connectivity index (χ3v) is 2.98. The molecular formula is C13H15F2N. The minimum atomic E-state index is -0.542. The first kappa shape index (κ1) is 11.1. The summed E-state index contributed by atoms with van der Waals surface area (Å²) in [7, 11) is 0. The quantitative estimate of drug-likeness (QED) is 0.750. The van der Waals surface area contributed by atoms with Crippen LogP contribution in [-0.4, -0.2) is 6.04 Å². The van der Waals surface area contributed by atoms with Crippen molar-refractivity contribution < 1.29 is 8.78 Å². The molecule has 0 unspecified atom stereocenters. The summed E-state index contributed by atoms with van der Waals surface area (Å²) in [5, 5.41) is 3.11. The lowest BCUT2D eigenvalue weighted by atomic mass is 9.92. The van der Waals surface area contributed by atoms with E-state index in [1.54, 1.807) is 0 Å². The van der Waals surface area contributed by atoms with E-state index >= 15 is 0 Å². The summed E-state index contributed by atoms with van der Waals surface area (Å²) in [6.45, 7) is 3.93. The fourth-order valence-electron chi connectivity index (χ4n) is 2.00. The van der Waals surface area contributed by atoms with Gasteiger partial charge in [-0.2, -0.15) is 0 Å². The van der Waals surface area contributed by atoms with Crippen LogP contribution in [0.1, 0.15) is 25.7 Å². The van der Waals surface area contributed by atoms with Crippen LogP contribution < -0.4 is 5.32 Å². The molecule has 2 rings (SSSR count). The maximum absolute atomic E-state index is 13.4. The molecule has 1 fully saturated rings. The predicted molar refractivity (Wildman–Crippen MR) is 61.4 cm³/mol. The largest absolute Gasteiger partial charge is 0.380 e. The molecule has 0 heterocycles. The fraction of sp³-hybridized carbons (Fsp3) is 0.385. The highest BCUT2D eigenvalue weighted by Gasteiger charge is 2.16. The molecule has 1 saturated carbocycles. The van der Waals surface area contributed by atoms with E-state index in [0.29, 0.717) is 5.69 Å². The normalized spacial score (nSPS) is 17.5. The number of allylic oxidation sites excluding steroid dienone is 1. The monoisotopic (exact) mass is 223 g/mol. The van der Waals surface area contributed by atoms with E-state index in [2.05, 4.69) is 11.9 Å². The second-order valence-corrected chi connectivity index (χ2v) is 4.29. The summed E-state index contributed by atoms with van der Waals surface area (Å²) < 4.78 is 26.1. The summed E-state index contributed by atoms with van der Waals surface area (Å²) in [6, 6.07) is 3.90. The van der Waals surface area contributed by atoms with Crippen LogP contribution in [0, 0.1) is 11.6 Å². The van der Waals surface area contributed by atoms with Gasteiger partial charge in [-0.15, -0.1) is 0 Å². The van der Waals surface area contributed by atoms with Crippen molar-refractivity contribution in [3.63, 3.8) is 0 Å². The van der Waals surface area contributed by atoms with Gasteiger partial charge in [-0.05, 0) is 37.8 Å². The maximum atomic E-state index is 13.4. The van der Waals surface area contributed by atoms with E-state index in [4.69, 9.17) is 0 Å². The first-order valence-electron chi connectivity index (χ1n) is 5.53. The van der Waals surface area contributed by atoms with Crippen molar-refractivity contribution in [3.8, 4) is 0 Å². The Hall–Kier alpha value is -1.38. The Bertz CT molecular complexity index is 391. The molecule has 0 aliphatic heterocycles. The zero-order valence-corrected chi connectivity index (χ0v) is 9.10. The number of halogens is 2. The molecule has 3 heteroatoms. The zero-order chi connectivity index (χ0) is 11.5. The van der Waals surface area contributed by atoms with Crippen LogP contribution in [0.3, 0.4) is 0 Å². The average Bonchev–Trinajstić information content (AvgIpc) is 2.25. The Morgan fingerprint density at radius 3 is 2.50 bits per heavy atom. The van der Waals surface area contributed by atoms with Crippen LogP contribution in [-0.2, 0) is 0 Å². The second-order valence-electron chi connectivity index (χ2n) is 4.29. The molecule has 16 heavy (non-hydrogen) atoms. The van der Waals surface area contributed by atoms with Crippen LogP contribution in [0.5, 0.6) is 0 Å². The maximum Gasteiger partial charge on any atom is 0.149 e. The van der Waals surface area contributed by atoms with Crippen molar-refractivity contribution in [1.82, 2.24) is 0 Å². The third kappa shape index (κ3) is 2.60. The summed E-state index contributed by atoms with van der Waals surface area (Å²) in [5.74, 6) is -1.07. The van der Waals surface area contributed by atoms with Crippen LogP contribution in [0.2, 0.25) is 0 Å². The van der Waals surface area contributed by atoms with Gasteiger partial charge in [0.15, 0.2) is 0 Å². The Kier molecular flexibility index (Phi) is 3.22. The smallest absolute Gasteiger partial charge is 0.149 e. The van der Waals surface area contributed by atoms with Gasteiger partial charge in [0.1, 0.15) is 11.6 Å². The molecule has 86 valence electrons. The van der Waals surface area contributed by atoms with E-state index < -0.39 is 11.6 Å². The molecule has 0 atom stereocenters. The van der Waals surface area contributed by atoms with Gasteiger partial charge in [0, 0.05) is 12.1 Å². The SMILES string of the molecule is C=C1CCC(Nc2ccc(F)cc2F)CC1. The highest BCUT2D eigenvalue weighted by atomic mass is 19.1. The number of anilines is 1. The molecule has 0 radical (unpaired) electrons. The van der Waals surface area contributed by atoms with Gasteiger partial charge in [0.05, 0.1) is 5.69 Å². The number of hydrogen-bond donors (Lipinski definition) is 1. The van der Waals surface area contributed by atoms with E-state index in [9.17, 15) is 8.78 Å². The van der Waals surface area contributed by atoms with Crippen LogP contribution in [0.4, 0.5) is 14.5 Å². The highest BCUT2D eigenvalue weighted by Crippen LogP contribution is 2.25. The summed E-state index contributed by atoms with van der Waals surface area (Å²) in [5.41, 5.74) is 1.65. The van der Waals surface area contributed by atoms with Gasteiger partial charge < -0.3 is 5.32 Å². The van der Waals surface area contributed by atoms with Crippen molar-refractivity contribution >= 4 is 5.69 Å². The van der Waals surface area contributed by atoms with Crippen LogP contribution >= 0.6 is 0 Å². The lowest BCUT2D eigenvalue weighted by molar-refractivity contribution is 0.533. The minimum Gasteiger partial charge on any atom is -0.380 e. The molecule has 1 aromatic rings. The zero-order valence-electron chi connectivity index (χ0n) is 9.10. The van der Waals surface area contributed by atoms with E-state index in [1.807, 2.05) is 0 Å². The first-order chi connectivity index (χ1) is 7.65. The third-order valence-electron chi connectivity index (χ3n) is 2.98. The predicted octanol–water partition coefficient (Wildman–Crippen LogP) is 3.88. The van der Waals surface area contributed by atoms with Gasteiger partial charge in [0.25, 0.3) is 0 Å². The molecule has 1 nitrogen and oxygen atoms in total. The summed E-state index contributed by atoms with van der Waals surface area (Å²) >= 11 is 0. The van der Waals surface area contributed by atoms with E-state index in [0.717, 1.165) is 31.7 Å². The lowest BCUT2D eigenvalue weighted by Crippen LogP contribution is -2.23. The van der Waals surface area contributed by atoms with Crippen molar-refractivity contribution in [2.75, 3.05) is 5.32 Å². The van der Waals surface area contributed by atoms with Gasteiger partial charge in [-0.25, -0.2) is 8.78 Å². The fourth-order valence-corrected chi connectivity index (χ4v) is 2.00. The number of hydrogen-bond acceptors (Lipinski definition) is 1. The van der Waals surface area contributed by atoms with Crippen molar-refractivity contribution in [2.45, 2.75) is 31.7 Å². The van der Waals surface area contributed by atoms with Gasteiger partial charge in [-0.1, -0.05) is 12.2 Å². The van der Waals surface area contributed by atoms with Crippen molar-refractivity contribution in [1.29, 1.82) is 0 Å². The standard InChI is InChI=1S/C13H15F2N/c1-9-2-5-11(6-3-9)16-13-7-4-10(14)8-12(13)15/h4,7-8,11,16H,1-3,5-6H2. The van der Waals surface area contributed by atoms with E-state index in [-0.39, 0.29) is 6.04 Å². The molecule has 1 N–H and O–H groups in total.